The maximum Gasteiger partial charge on any atom is 0.327 e. The number of hydrogen-bond acceptors (Lipinski definition) is 5. The lowest BCUT2D eigenvalue weighted by Gasteiger charge is -2.23. The Labute approximate surface area is 97.0 Å². The molecule has 1 N–H and O–H groups in total. The van der Waals surface area contributed by atoms with Crippen molar-refractivity contribution in [2.24, 2.45) is 0 Å². The summed E-state index contributed by atoms with van der Waals surface area (Å²) < 4.78 is 0. The van der Waals surface area contributed by atoms with Gasteiger partial charge in [0, 0.05) is 12.7 Å². The molecule has 1 rings (SSSR count). The third-order valence-electron chi connectivity index (χ3n) is 2.00. The van der Waals surface area contributed by atoms with Gasteiger partial charge in [-0.15, -0.1) is 11.8 Å². The van der Waals surface area contributed by atoms with Crippen molar-refractivity contribution in [2.75, 3.05) is 5.75 Å². The molecule has 0 aromatic rings. The zero-order valence-corrected chi connectivity index (χ0v) is 9.82. The molecular formula is C9H13NO5S. The third-order valence-corrected chi connectivity index (χ3v) is 3.38. The van der Waals surface area contributed by atoms with Gasteiger partial charge in [0.2, 0.25) is 5.91 Å². The molecule has 2 unspecified atom stereocenters. The van der Waals surface area contributed by atoms with Crippen molar-refractivity contribution < 1.29 is 24.3 Å². The molecule has 1 heterocycles. The second-order valence-electron chi connectivity index (χ2n) is 3.08. The second kappa shape index (κ2) is 6.26. The molecule has 0 radical (unpaired) electrons. The standard InChI is InChI=1S/C8H11NO4S.CH2O/c1-4(10)7-9(5(2)11)6(3-14-7)8(12)13;1-2/h6-7H,3H2,1-2H3,(H,12,13);1H2. The maximum absolute atomic E-state index is 11.2. The van der Waals surface area contributed by atoms with E-state index >= 15 is 0 Å². The van der Waals surface area contributed by atoms with Crippen molar-refractivity contribution in [3.05, 3.63) is 0 Å². The first-order chi connectivity index (χ1) is 7.45. The van der Waals surface area contributed by atoms with Gasteiger partial charge in [-0.05, 0) is 6.92 Å². The van der Waals surface area contributed by atoms with Crippen LogP contribution in [0.25, 0.3) is 0 Å². The number of carbonyl (C=O) groups excluding carboxylic acids is 3. The highest BCUT2D eigenvalue weighted by Crippen LogP contribution is 2.29. The monoisotopic (exact) mass is 247 g/mol. The van der Waals surface area contributed by atoms with E-state index in [2.05, 4.69) is 0 Å². The Bertz CT molecular complexity index is 284. The number of carbonyl (C=O) groups is 4. The van der Waals surface area contributed by atoms with Crippen LogP contribution in [0.1, 0.15) is 13.8 Å². The van der Waals surface area contributed by atoms with Crippen molar-refractivity contribution in [3.63, 3.8) is 0 Å². The summed E-state index contributed by atoms with van der Waals surface area (Å²) in [6.45, 7) is 4.63. The number of thioether (sulfide) groups is 1. The van der Waals surface area contributed by atoms with Crippen LogP contribution in [-0.2, 0) is 19.2 Å². The van der Waals surface area contributed by atoms with Crippen LogP contribution in [0.2, 0.25) is 0 Å². The average Bonchev–Trinajstić information content (AvgIpc) is 2.64. The summed E-state index contributed by atoms with van der Waals surface area (Å²) in [5, 5.41) is 8.18. The molecule has 0 aliphatic carbocycles. The number of amides is 1. The summed E-state index contributed by atoms with van der Waals surface area (Å²) in [4.78, 5) is 42.2. The summed E-state index contributed by atoms with van der Waals surface area (Å²) in [5.74, 6) is -1.34. The second-order valence-corrected chi connectivity index (χ2v) is 4.19. The minimum atomic E-state index is -1.06. The minimum absolute atomic E-state index is 0.186. The van der Waals surface area contributed by atoms with Crippen molar-refractivity contribution in [1.29, 1.82) is 0 Å². The third kappa shape index (κ3) is 3.06. The molecule has 1 aliphatic rings. The van der Waals surface area contributed by atoms with Gasteiger partial charge in [0.05, 0.1) is 0 Å². The van der Waals surface area contributed by atoms with E-state index in [4.69, 9.17) is 9.90 Å². The molecule has 1 fully saturated rings. The van der Waals surface area contributed by atoms with Crippen molar-refractivity contribution in [3.8, 4) is 0 Å². The molecule has 7 heteroatoms. The number of carboxylic acid groups (broad SMARTS) is 1. The van der Waals surface area contributed by atoms with Crippen molar-refractivity contribution in [1.82, 2.24) is 4.90 Å². The Morgan fingerprint density at radius 3 is 2.12 bits per heavy atom. The molecule has 1 aliphatic heterocycles. The van der Waals surface area contributed by atoms with Gasteiger partial charge in [-0.2, -0.15) is 0 Å². The van der Waals surface area contributed by atoms with E-state index in [9.17, 15) is 14.4 Å². The van der Waals surface area contributed by atoms with E-state index in [1.807, 2.05) is 6.79 Å². The van der Waals surface area contributed by atoms with Crippen molar-refractivity contribution >= 4 is 36.2 Å². The fraction of sp³-hybridized carbons (Fsp3) is 0.556. The molecule has 0 aromatic carbocycles. The average molecular weight is 247 g/mol. The molecule has 0 saturated carbocycles. The van der Waals surface area contributed by atoms with Gasteiger partial charge in [-0.3, -0.25) is 9.59 Å². The van der Waals surface area contributed by atoms with E-state index in [0.717, 1.165) is 4.90 Å². The van der Waals surface area contributed by atoms with Gasteiger partial charge in [0.25, 0.3) is 0 Å². The Morgan fingerprint density at radius 1 is 1.31 bits per heavy atom. The van der Waals surface area contributed by atoms with E-state index in [1.54, 1.807) is 0 Å². The SMILES string of the molecule is C=O.CC(=O)C1SCC(C(=O)O)N1C(C)=O. The lowest BCUT2D eigenvalue weighted by Crippen LogP contribution is -2.46. The summed E-state index contributed by atoms with van der Waals surface area (Å²) in [6, 6.07) is -0.869. The van der Waals surface area contributed by atoms with E-state index in [-0.39, 0.29) is 17.4 Å². The van der Waals surface area contributed by atoms with Crippen LogP contribution in [0, 0.1) is 0 Å². The largest absolute Gasteiger partial charge is 0.480 e. The first kappa shape index (κ1) is 14.6. The quantitative estimate of drug-likeness (QED) is 0.724. The van der Waals surface area contributed by atoms with Gasteiger partial charge in [-0.1, -0.05) is 0 Å². The summed E-state index contributed by atoms with van der Waals surface area (Å²) in [7, 11) is 0. The Morgan fingerprint density at radius 2 is 1.81 bits per heavy atom. The Balaban J connectivity index is 0.00000106. The first-order valence-electron chi connectivity index (χ1n) is 4.37. The molecule has 2 atom stereocenters. The highest BCUT2D eigenvalue weighted by molar-refractivity contribution is 8.00. The van der Waals surface area contributed by atoms with Gasteiger partial charge < -0.3 is 14.8 Å². The molecule has 0 spiro atoms. The van der Waals surface area contributed by atoms with Crippen LogP contribution in [0.15, 0.2) is 0 Å². The summed E-state index contributed by atoms with van der Waals surface area (Å²) in [5.41, 5.74) is 0. The zero-order chi connectivity index (χ0) is 12.9. The summed E-state index contributed by atoms with van der Waals surface area (Å²) >= 11 is 1.20. The molecule has 6 nitrogen and oxygen atoms in total. The fourth-order valence-corrected chi connectivity index (χ4v) is 2.75. The molecule has 1 saturated heterocycles. The van der Waals surface area contributed by atoms with Crippen LogP contribution in [0.4, 0.5) is 0 Å². The lowest BCUT2D eigenvalue weighted by atomic mass is 10.2. The van der Waals surface area contributed by atoms with Gasteiger partial charge in [0.15, 0.2) is 5.78 Å². The maximum atomic E-state index is 11.2. The van der Waals surface area contributed by atoms with Crippen LogP contribution < -0.4 is 0 Å². The zero-order valence-electron chi connectivity index (χ0n) is 9.00. The predicted octanol–water partition coefficient (Wildman–Crippen LogP) is -0.235. The highest BCUT2D eigenvalue weighted by atomic mass is 32.2. The number of Topliss-reactive ketones (excluding diaryl/α,β-unsaturated/α-hetero) is 1. The van der Waals surface area contributed by atoms with Crippen LogP contribution >= 0.6 is 11.8 Å². The Kier molecular flexibility index (Phi) is 5.73. The van der Waals surface area contributed by atoms with Gasteiger partial charge >= 0.3 is 5.97 Å². The smallest absolute Gasteiger partial charge is 0.327 e. The number of aliphatic carboxylic acids is 1. The van der Waals surface area contributed by atoms with Crippen LogP contribution in [0.3, 0.4) is 0 Å². The first-order valence-corrected chi connectivity index (χ1v) is 5.42. The number of nitrogens with zero attached hydrogens (tertiary/aromatic N) is 1. The predicted molar refractivity (Wildman–Crippen MR) is 58.0 cm³/mol. The molecule has 0 aromatic heterocycles. The van der Waals surface area contributed by atoms with Crippen LogP contribution in [-0.4, -0.2) is 51.6 Å². The number of carboxylic acids is 1. The highest BCUT2D eigenvalue weighted by Gasteiger charge is 2.42. The van der Waals surface area contributed by atoms with E-state index < -0.39 is 17.4 Å². The Hall–Kier alpha value is -1.37. The fourth-order valence-electron chi connectivity index (χ4n) is 1.39. The topological polar surface area (TPSA) is 91.8 Å². The number of ketones is 1. The number of hydrogen-bond donors (Lipinski definition) is 1. The normalized spacial score (nSPS) is 23.2. The lowest BCUT2D eigenvalue weighted by molar-refractivity contribution is -0.149. The van der Waals surface area contributed by atoms with Crippen LogP contribution in [0.5, 0.6) is 0 Å². The van der Waals surface area contributed by atoms with Gasteiger partial charge in [0.1, 0.15) is 18.2 Å². The molecule has 16 heavy (non-hydrogen) atoms. The molecule has 0 bridgehead atoms. The van der Waals surface area contributed by atoms with E-state index in [0.29, 0.717) is 0 Å². The van der Waals surface area contributed by atoms with Gasteiger partial charge in [-0.25, -0.2) is 4.79 Å². The summed E-state index contributed by atoms with van der Waals surface area (Å²) in [6.07, 6.45) is 0. The minimum Gasteiger partial charge on any atom is -0.480 e. The van der Waals surface area contributed by atoms with Crippen molar-refractivity contribution in [2.45, 2.75) is 25.3 Å². The molecular weight excluding hydrogens is 234 g/mol. The molecule has 90 valence electrons. The van der Waals surface area contributed by atoms with E-state index in [1.165, 1.54) is 25.6 Å². The number of rotatable bonds is 2. The molecule has 1 amide bonds.